The number of rotatable bonds is 8. The number of nitrogens with zero attached hydrogens (tertiary/aromatic N) is 2. The standard InChI is InChI=1S/C24H21FN2O3S/c1-2-29-19-9-11-20(12-10-19)30-16-23(28)27(15-17-6-4-3-5-7-17)24-26-21-13-8-18(25)14-22(21)31-24/h3-14H,2,15-16H2,1H3. The summed E-state index contributed by atoms with van der Waals surface area (Å²) in [7, 11) is 0. The average molecular weight is 437 g/mol. The molecule has 0 aliphatic heterocycles. The van der Waals surface area contributed by atoms with E-state index in [1.807, 2.05) is 37.3 Å². The van der Waals surface area contributed by atoms with Crippen LogP contribution in [0.25, 0.3) is 10.2 Å². The number of ether oxygens (including phenoxy) is 2. The Kier molecular flexibility index (Phi) is 6.43. The van der Waals surface area contributed by atoms with Gasteiger partial charge in [-0.2, -0.15) is 0 Å². The van der Waals surface area contributed by atoms with E-state index in [9.17, 15) is 9.18 Å². The Morgan fingerprint density at radius 2 is 1.71 bits per heavy atom. The number of carbonyl (C=O) groups is 1. The van der Waals surface area contributed by atoms with E-state index in [0.717, 1.165) is 11.3 Å². The van der Waals surface area contributed by atoms with Gasteiger partial charge in [-0.15, -0.1) is 0 Å². The van der Waals surface area contributed by atoms with Crippen molar-refractivity contribution in [2.75, 3.05) is 18.1 Å². The van der Waals surface area contributed by atoms with Crippen LogP contribution in [0.3, 0.4) is 0 Å². The molecule has 0 aliphatic rings. The highest BCUT2D eigenvalue weighted by atomic mass is 32.1. The van der Waals surface area contributed by atoms with Gasteiger partial charge in [0.15, 0.2) is 11.7 Å². The molecule has 0 N–H and O–H groups in total. The molecule has 0 saturated carbocycles. The molecule has 31 heavy (non-hydrogen) atoms. The number of halogens is 1. The molecule has 0 bridgehead atoms. The average Bonchev–Trinajstić information content (AvgIpc) is 3.20. The van der Waals surface area contributed by atoms with Gasteiger partial charge in [-0.1, -0.05) is 41.7 Å². The quantitative estimate of drug-likeness (QED) is 0.369. The lowest BCUT2D eigenvalue weighted by molar-refractivity contribution is -0.120. The summed E-state index contributed by atoms with van der Waals surface area (Å²) in [5.41, 5.74) is 1.61. The fourth-order valence-corrected chi connectivity index (χ4v) is 4.06. The minimum Gasteiger partial charge on any atom is -0.494 e. The third-order valence-corrected chi connectivity index (χ3v) is 5.59. The number of aromatic nitrogens is 1. The largest absolute Gasteiger partial charge is 0.494 e. The molecule has 7 heteroatoms. The third-order valence-electron chi connectivity index (χ3n) is 4.55. The van der Waals surface area contributed by atoms with Gasteiger partial charge in [0.25, 0.3) is 5.91 Å². The molecule has 1 heterocycles. The molecule has 0 aliphatic carbocycles. The van der Waals surface area contributed by atoms with E-state index < -0.39 is 0 Å². The summed E-state index contributed by atoms with van der Waals surface area (Å²) >= 11 is 1.28. The van der Waals surface area contributed by atoms with Crippen molar-refractivity contribution < 1.29 is 18.7 Å². The lowest BCUT2D eigenvalue weighted by Crippen LogP contribution is -2.34. The molecule has 4 aromatic rings. The molecule has 0 spiro atoms. The molecule has 0 saturated heterocycles. The fourth-order valence-electron chi connectivity index (χ4n) is 3.05. The first kappa shape index (κ1) is 20.8. The van der Waals surface area contributed by atoms with Crippen molar-refractivity contribution in [3.63, 3.8) is 0 Å². The van der Waals surface area contributed by atoms with E-state index >= 15 is 0 Å². The van der Waals surface area contributed by atoms with Gasteiger partial charge in [-0.25, -0.2) is 9.37 Å². The Labute approximate surface area is 183 Å². The second-order valence-electron chi connectivity index (χ2n) is 6.77. The lowest BCUT2D eigenvalue weighted by Gasteiger charge is -2.20. The summed E-state index contributed by atoms with van der Waals surface area (Å²) in [6.07, 6.45) is 0. The van der Waals surface area contributed by atoms with Crippen molar-refractivity contribution in [3.8, 4) is 11.5 Å². The van der Waals surface area contributed by atoms with Crippen molar-refractivity contribution in [1.82, 2.24) is 4.98 Å². The van der Waals surface area contributed by atoms with Crippen LogP contribution in [0.15, 0.2) is 72.8 Å². The van der Waals surface area contributed by atoms with Gasteiger partial charge in [0.05, 0.1) is 23.4 Å². The summed E-state index contributed by atoms with van der Waals surface area (Å²) in [5, 5.41) is 0.504. The number of amides is 1. The molecule has 1 aromatic heterocycles. The molecule has 0 fully saturated rings. The van der Waals surface area contributed by atoms with E-state index in [2.05, 4.69) is 4.98 Å². The number of fused-ring (bicyclic) bond motifs is 1. The smallest absolute Gasteiger partial charge is 0.267 e. The Morgan fingerprint density at radius 3 is 2.42 bits per heavy atom. The minimum absolute atomic E-state index is 0.148. The summed E-state index contributed by atoms with van der Waals surface area (Å²) in [4.78, 5) is 19.2. The maximum Gasteiger partial charge on any atom is 0.267 e. The first-order valence-corrected chi connectivity index (χ1v) is 10.7. The molecule has 3 aromatic carbocycles. The SMILES string of the molecule is CCOc1ccc(OCC(=O)N(Cc2ccccc2)c2nc3ccc(F)cc3s2)cc1. The maximum atomic E-state index is 13.6. The molecular formula is C24H21FN2O3S. The Bertz CT molecular complexity index is 1160. The Balaban J connectivity index is 1.54. The highest BCUT2D eigenvalue weighted by Gasteiger charge is 2.21. The van der Waals surface area contributed by atoms with Gasteiger partial charge < -0.3 is 9.47 Å². The predicted octanol–water partition coefficient (Wildman–Crippen LogP) is 5.45. The molecule has 0 radical (unpaired) electrons. The van der Waals surface area contributed by atoms with E-state index in [4.69, 9.17) is 9.47 Å². The molecule has 5 nitrogen and oxygen atoms in total. The number of benzene rings is 3. The van der Waals surface area contributed by atoms with Crippen LogP contribution in [0, 0.1) is 5.82 Å². The third kappa shape index (κ3) is 5.19. The highest BCUT2D eigenvalue weighted by molar-refractivity contribution is 7.22. The van der Waals surface area contributed by atoms with Crippen LogP contribution in [0.2, 0.25) is 0 Å². The van der Waals surface area contributed by atoms with Gasteiger partial charge in [0.1, 0.15) is 17.3 Å². The van der Waals surface area contributed by atoms with E-state index in [0.29, 0.717) is 34.2 Å². The van der Waals surface area contributed by atoms with Gasteiger partial charge in [0, 0.05) is 0 Å². The summed E-state index contributed by atoms with van der Waals surface area (Å²) in [5.74, 6) is 0.746. The molecule has 158 valence electrons. The highest BCUT2D eigenvalue weighted by Crippen LogP contribution is 2.30. The van der Waals surface area contributed by atoms with Gasteiger partial charge >= 0.3 is 0 Å². The predicted molar refractivity (Wildman–Crippen MR) is 120 cm³/mol. The van der Waals surface area contributed by atoms with Crippen molar-refractivity contribution in [1.29, 1.82) is 0 Å². The zero-order valence-corrected chi connectivity index (χ0v) is 17.8. The zero-order chi connectivity index (χ0) is 21.6. The van der Waals surface area contributed by atoms with E-state index in [1.165, 1.54) is 23.5 Å². The number of anilines is 1. The van der Waals surface area contributed by atoms with Gasteiger partial charge in [-0.05, 0) is 55.0 Å². The zero-order valence-electron chi connectivity index (χ0n) is 17.0. The van der Waals surface area contributed by atoms with Crippen LogP contribution >= 0.6 is 11.3 Å². The second kappa shape index (κ2) is 9.57. The molecule has 4 rings (SSSR count). The van der Waals surface area contributed by atoms with Gasteiger partial charge in [0.2, 0.25) is 0 Å². The molecule has 0 atom stereocenters. The number of hydrogen-bond acceptors (Lipinski definition) is 5. The fraction of sp³-hybridized carbons (Fsp3) is 0.167. The van der Waals surface area contributed by atoms with E-state index in [-0.39, 0.29) is 18.3 Å². The van der Waals surface area contributed by atoms with Crippen molar-refractivity contribution in [2.45, 2.75) is 13.5 Å². The summed E-state index contributed by atoms with van der Waals surface area (Å²) in [6.45, 7) is 2.69. The van der Waals surface area contributed by atoms with Crippen LogP contribution in [0.4, 0.5) is 9.52 Å². The monoisotopic (exact) mass is 436 g/mol. The normalized spacial score (nSPS) is 10.8. The Morgan fingerprint density at radius 1 is 1.00 bits per heavy atom. The van der Waals surface area contributed by atoms with Crippen LogP contribution < -0.4 is 14.4 Å². The Hall–Kier alpha value is -3.45. The maximum absolute atomic E-state index is 13.6. The lowest BCUT2D eigenvalue weighted by atomic mass is 10.2. The van der Waals surface area contributed by atoms with Crippen LogP contribution in [-0.2, 0) is 11.3 Å². The number of hydrogen-bond donors (Lipinski definition) is 0. The molecular weight excluding hydrogens is 415 g/mol. The number of carbonyl (C=O) groups excluding carboxylic acids is 1. The summed E-state index contributed by atoms with van der Waals surface area (Å²) in [6, 6.07) is 21.2. The first-order chi connectivity index (χ1) is 15.1. The van der Waals surface area contributed by atoms with E-state index in [1.54, 1.807) is 35.2 Å². The topological polar surface area (TPSA) is 51.7 Å². The van der Waals surface area contributed by atoms with Gasteiger partial charge in [-0.3, -0.25) is 9.69 Å². The molecule has 0 unspecified atom stereocenters. The molecule has 1 amide bonds. The minimum atomic E-state index is -0.331. The van der Waals surface area contributed by atoms with Crippen LogP contribution in [-0.4, -0.2) is 24.1 Å². The number of thiazole rings is 1. The van der Waals surface area contributed by atoms with Crippen molar-refractivity contribution >= 4 is 32.6 Å². The second-order valence-corrected chi connectivity index (χ2v) is 7.78. The summed E-state index contributed by atoms with van der Waals surface area (Å²) < 4.78 is 25.4. The first-order valence-electron chi connectivity index (χ1n) is 9.88. The van der Waals surface area contributed by atoms with Crippen molar-refractivity contribution in [3.05, 3.63) is 84.2 Å². The van der Waals surface area contributed by atoms with Crippen LogP contribution in [0.5, 0.6) is 11.5 Å². The van der Waals surface area contributed by atoms with Crippen LogP contribution in [0.1, 0.15) is 12.5 Å². The van der Waals surface area contributed by atoms with Crippen molar-refractivity contribution in [2.24, 2.45) is 0 Å².